The molecule has 1 rings (SSSR count). The summed E-state index contributed by atoms with van der Waals surface area (Å²) in [4.78, 5) is 0. The maximum Gasteiger partial charge on any atom is 0.421 e. The number of benzene rings is 1. The molecule has 0 saturated heterocycles. The van der Waals surface area contributed by atoms with Crippen molar-refractivity contribution in [2.45, 2.75) is 18.7 Å². The van der Waals surface area contributed by atoms with E-state index in [1.54, 1.807) is 0 Å². The average Bonchev–Trinajstić information content (AvgIpc) is 2.02. The minimum absolute atomic E-state index is 0.159. The molecule has 1 nitrogen and oxygen atoms in total. The van der Waals surface area contributed by atoms with E-state index < -0.39 is 11.8 Å². The smallest absolute Gasteiger partial charge is 0.376 e. The van der Waals surface area contributed by atoms with Gasteiger partial charge in [-0.1, -0.05) is 23.7 Å². The van der Waals surface area contributed by atoms with Gasteiger partial charge in [-0.25, -0.2) is 0 Å². The topological polar surface area (TPSA) is 20.2 Å². The molecule has 0 aliphatic rings. The van der Waals surface area contributed by atoms with E-state index in [4.69, 9.17) is 11.6 Å². The maximum atomic E-state index is 12.4. The van der Waals surface area contributed by atoms with Crippen LogP contribution in [-0.2, 0) is 5.60 Å². The fourth-order valence-electron chi connectivity index (χ4n) is 0.955. The molecule has 1 atom stereocenters. The van der Waals surface area contributed by atoms with E-state index in [2.05, 4.69) is 0 Å². The molecular weight excluding hydrogens is 217 g/mol. The Labute approximate surface area is 84.1 Å². The van der Waals surface area contributed by atoms with E-state index in [0.717, 1.165) is 6.07 Å². The summed E-state index contributed by atoms with van der Waals surface area (Å²) in [6.45, 7) is 0.693. The van der Waals surface area contributed by atoms with Gasteiger partial charge in [-0.2, -0.15) is 13.2 Å². The first kappa shape index (κ1) is 11.3. The third-order valence-corrected chi connectivity index (χ3v) is 2.17. The van der Waals surface area contributed by atoms with Crippen molar-refractivity contribution in [1.82, 2.24) is 0 Å². The molecule has 5 heteroatoms. The van der Waals surface area contributed by atoms with Crippen molar-refractivity contribution in [3.8, 4) is 0 Å². The highest BCUT2D eigenvalue weighted by atomic mass is 35.5. The highest BCUT2D eigenvalue weighted by Crippen LogP contribution is 2.38. The standard InChI is InChI=1S/C9H8ClF3O/c1-8(14,9(11,12)13)6-3-2-4-7(10)5-6/h2-5,14H,1H3. The first-order valence-corrected chi connectivity index (χ1v) is 4.18. The average molecular weight is 225 g/mol. The highest BCUT2D eigenvalue weighted by molar-refractivity contribution is 6.30. The van der Waals surface area contributed by atoms with Crippen LogP contribution in [0.4, 0.5) is 13.2 Å². The molecule has 0 amide bonds. The van der Waals surface area contributed by atoms with Crippen molar-refractivity contribution in [3.63, 3.8) is 0 Å². The van der Waals surface area contributed by atoms with Crippen molar-refractivity contribution in [1.29, 1.82) is 0 Å². The molecule has 1 unspecified atom stereocenters. The zero-order chi connectivity index (χ0) is 11.0. The van der Waals surface area contributed by atoms with Crippen LogP contribution in [-0.4, -0.2) is 11.3 Å². The molecular formula is C9H8ClF3O. The van der Waals surface area contributed by atoms with Crippen LogP contribution in [0.1, 0.15) is 12.5 Å². The van der Waals surface area contributed by atoms with Crippen molar-refractivity contribution < 1.29 is 18.3 Å². The predicted octanol–water partition coefficient (Wildman–Crippen LogP) is 3.11. The maximum absolute atomic E-state index is 12.4. The molecule has 0 radical (unpaired) electrons. The molecule has 0 aliphatic carbocycles. The first-order valence-electron chi connectivity index (χ1n) is 3.80. The van der Waals surface area contributed by atoms with E-state index in [-0.39, 0.29) is 10.6 Å². The molecule has 1 N–H and O–H groups in total. The van der Waals surface area contributed by atoms with Gasteiger partial charge in [0.1, 0.15) is 0 Å². The molecule has 0 heterocycles. The summed E-state index contributed by atoms with van der Waals surface area (Å²) in [5.74, 6) is 0. The Morgan fingerprint density at radius 3 is 2.29 bits per heavy atom. The Morgan fingerprint density at radius 1 is 1.29 bits per heavy atom. The fourth-order valence-corrected chi connectivity index (χ4v) is 1.15. The predicted molar refractivity (Wildman–Crippen MR) is 47.1 cm³/mol. The summed E-state index contributed by atoms with van der Waals surface area (Å²) in [5, 5.41) is 9.42. The van der Waals surface area contributed by atoms with Crippen molar-refractivity contribution in [2.75, 3.05) is 0 Å². The van der Waals surface area contributed by atoms with Gasteiger partial charge in [0.05, 0.1) is 0 Å². The second-order valence-electron chi connectivity index (χ2n) is 3.08. The summed E-state index contributed by atoms with van der Waals surface area (Å²) in [6, 6.07) is 5.07. The van der Waals surface area contributed by atoms with E-state index >= 15 is 0 Å². The van der Waals surface area contributed by atoms with Gasteiger partial charge in [-0.15, -0.1) is 0 Å². The Kier molecular flexibility index (Phi) is 2.78. The van der Waals surface area contributed by atoms with Gasteiger partial charge in [0.15, 0.2) is 5.60 Å². The molecule has 0 aromatic heterocycles. The molecule has 78 valence electrons. The third kappa shape index (κ3) is 2.01. The van der Waals surface area contributed by atoms with Crippen LogP contribution in [0.2, 0.25) is 5.02 Å². The third-order valence-electron chi connectivity index (χ3n) is 1.94. The summed E-state index contributed by atoms with van der Waals surface area (Å²) in [6.07, 6.45) is -4.71. The van der Waals surface area contributed by atoms with Gasteiger partial charge >= 0.3 is 6.18 Å². The summed E-state index contributed by atoms with van der Waals surface area (Å²) >= 11 is 5.52. The SMILES string of the molecule is CC(O)(c1cccc(Cl)c1)C(F)(F)F. The van der Waals surface area contributed by atoms with E-state index in [1.807, 2.05) is 0 Å². The molecule has 1 aromatic carbocycles. The van der Waals surface area contributed by atoms with Gasteiger partial charge in [-0.05, 0) is 24.6 Å². The second-order valence-corrected chi connectivity index (χ2v) is 3.52. The first-order chi connectivity index (χ1) is 6.25. The van der Waals surface area contributed by atoms with E-state index in [0.29, 0.717) is 6.92 Å². The Hall–Kier alpha value is -0.740. The van der Waals surface area contributed by atoms with Crippen LogP contribution in [0.25, 0.3) is 0 Å². The zero-order valence-corrected chi connectivity index (χ0v) is 8.02. The van der Waals surface area contributed by atoms with E-state index in [9.17, 15) is 18.3 Å². The van der Waals surface area contributed by atoms with Crippen molar-refractivity contribution >= 4 is 11.6 Å². The number of hydrogen-bond acceptors (Lipinski definition) is 1. The lowest BCUT2D eigenvalue weighted by molar-refractivity contribution is -0.258. The van der Waals surface area contributed by atoms with Crippen LogP contribution < -0.4 is 0 Å². The lowest BCUT2D eigenvalue weighted by Crippen LogP contribution is -2.39. The molecule has 0 aliphatic heterocycles. The number of rotatable bonds is 1. The molecule has 0 saturated carbocycles. The number of aliphatic hydroxyl groups is 1. The molecule has 0 bridgehead atoms. The lowest BCUT2D eigenvalue weighted by Gasteiger charge is -2.26. The normalized spacial score (nSPS) is 16.4. The Balaban J connectivity index is 3.16. The van der Waals surface area contributed by atoms with Gasteiger partial charge in [0, 0.05) is 5.02 Å². The van der Waals surface area contributed by atoms with Gasteiger partial charge in [0.2, 0.25) is 0 Å². The minimum atomic E-state index is -4.71. The van der Waals surface area contributed by atoms with Crippen molar-refractivity contribution in [3.05, 3.63) is 34.9 Å². The monoisotopic (exact) mass is 224 g/mol. The fraction of sp³-hybridized carbons (Fsp3) is 0.333. The highest BCUT2D eigenvalue weighted by Gasteiger charge is 2.51. The zero-order valence-electron chi connectivity index (χ0n) is 7.27. The molecule has 14 heavy (non-hydrogen) atoms. The molecule has 0 spiro atoms. The van der Waals surface area contributed by atoms with Gasteiger partial charge in [0.25, 0.3) is 0 Å². The summed E-state index contributed by atoms with van der Waals surface area (Å²) < 4.78 is 37.1. The summed E-state index contributed by atoms with van der Waals surface area (Å²) in [7, 11) is 0. The van der Waals surface area contributed by atoms with Crippen LogP contribution in [0.5, 0.6) is 0 Å². The molecule has 1 aromatic rings. The van der Waals surface area contributed by atoms with Crippen LogP contribution in [0.3, 0.4) is 0 Å². The molecule has 0 fully saturated rings. The largest absolute Gasteiger partial charge is 0.421 e. The number of halogens is 4. The van der Waals surface area contributed by atoms with E-state index in [1.165, 1.54) is 18.2 Å². The minimum Gasteiger partial charge on any atom is -0.376 e. The van der Waals surface area contributed by atoms with Crippen LogP contribution >= 0.6 is 11.6 Å². The van der Waals surface area contributed by atoms with Gasteiger partial charge < -0.3 is 5.11 Å². The van der Waals surface area contributed by atoms with Crippen LogP contribution in [0, 0.1) is 0 Å². The Morgan fingerprint density at radius 2 is 1.86 bits per heavy atom. The van der Waals surface area contributed by atoms with Crippen molar-refractivity contribution in [2.24, 2.45) is 0 Å². The van der Waals surface area contributed by atoms with Crippen LogP contribution in [0.15, 0.2) is 24.3 Å². The Bertz CT molecular complexity index is 333. The lowest BCUT2D eigenvalue weighted by atomic mass is 9.96. The number of alkyl halides is 3. The second kappa shape index (κ2) is 3.44. The number of hydrogen-bond donors (Lipinski definition) is 1. The quantitative estimate of drug-likeness (QED) is 0.777. The summed E-state index contributed by atoms with van der Waals surface area (Å²) in [5.41, 5.74) is -3.13. The van der Waals surface area contributed by atoms with Gasteiger partial charge in [-0.3, -0.25) is 0 Å².